The van der Waals surface area contributed by atoms with E-state index < -0.39 is 5.91 Å². The number of nitrogens with one attached hydrogen (secondary N) is 1. The Morgan fingerprint density at radius 3 is 2.90 bits per heavy atom. The van der Waals surface area contributed by atoms with Crippen LogP contribution in [0.2, 0.25) is 0 Å². The third kappa shape index (κ3) is 4.83. The van der Waals surface area contributed by atoms with Crippen molar-refractivity contribution in [1.82, 2.24) is 5.32 Å². The lowest BCUT2D eigenvalue weighted by atomic mass is 10.6. The number of carbonyl (C=O) groups is 2. The second kappa shape index (κ2) is 5.81. The smallest absolute Gasteiger partial charge is 0.253 e. The topological polar surface area (TPSA) is 55.4 Å². The quantitative estimate of drug-likeness (QED) is 0.337. The molecule has 0 aliphatic heterocycles. The SMILES string of the molecule is CCO/C=C/C(=O)NC=O. The molecule has 0 heterocycles. The first-order chi connectivity index (χ1) is 4.81. The van der Waals surface area contributed by atoms with E-state index in [-0.39, 0.29) is 0 Å². The van der Waals surface area contributed by atoms with Crippen LogP contribution in [0.25, 0.3) is 0 Å². The Bertz CT molecular complexity index is 142. The van der Waals surface area contributed by atoms with E-state index in [9.17, 15) is 9.59 Å². The van der Waals surface area contributed by atoms with Gasteiger partial charge in [-0.2, -0.15) is 0 Å². The van der Waals surface area contributed by atoms with Crippen molar-refractivity contribution < 1.29 is 14.3 Å². The number of carbonyl (C=O) groups excluding carboxylic acids is 2. The van der Waals surface area contributed by atoms with E-state index in [0.29, 0.717) is 13.0 Å². The molecule has 0 atom stereocenters. The highest BCUT2D eigenvalue weighted by Gasteiger charge is 1.88. The van der Waals surface area contributed by atoms with Crippen LogP contribution in [0.3, 0.4) is 0 Å². The van der Waals surface area contributed by atoms with Gasteiger partial charge in [-0.1, -0.05) is 0 Å². The fraction of sp³-hybridized carbons (Fsp3) is 0.333. The summed E-state index contributed by atoms with van der Waals surface area (Å²) in [6, 6.07) is 0. The Morgan fingerprint density at radius 2 is 2.40 bits per heavy atom. The second-order valence-corrected chi connectivity index (χ2v) is 1.38. The lowest BCUT2D eigenvalue weighted by molar-refractivity contribution is -0.121. The van der Waals surface area contributed by atoms with Crippen molar-refractivity contribution in [2.45, 2.75) is 6.92 Å². The molecule has 0 spiro atoms. The highest BCUT2D eigenvalue weighted by atomic mass is 16.5. The molecule has 0 aliphatic rings. The maximum Gasteiger partial charge on any atom is 0.253 e. The van der Waals surface area contributed by atoms with E-state index in [1.54, 1.807) is 6.92 Å². The third-order valence-corrected chi connectivity index (χ3v) is 0.683. The summed E-state index contributed by atoms with van der Waals surface area (Å²) in [5.74, 6) is -0.483. The molecule has 10 heavy (non-hydrogen) atoms. The summed E-state index contributed by atoms with van der Waals surface area (Å²) in [4.78, 5) is 20.1. The van der Waals surface area contributed by atoms with Crippen molar-refractivity contribution in [2.75, 3.05) is 6.61 Å². The van der Waals surface area contributed by atoms with Crippen LogP contribution in [0.5, 0.6) is 0 Å². The van der Waals surface area contributed by atoms with Gasteiger partial charge in [-0.05, 0) is 6.92 Å². The van der Waals surface area contributed by atoms with Gasteiger partial charge < -0.3 is 4.74 Å². The molecule has 4 heteroatoms. The highest BCUT2D eigenvalue weighted by Crippen LogP contribution is 1.75. The molecule has 0 aromatic carbocycles. The van der Waals surface area contributed by atoms with Crippen LogP contribution in [0.1, 0.15) is 6.92 Å². The van der Waals surface area contributed by atoms with Gasteiger partial charge in [0, 0.05) is 6.08 Å². The summed E-state index contributed by atoms with van der Waals surface area (Å²) in [5, 5.41) is 1.92. The maximum atomic E-state index is 10.4. The normalized spacial score (nSPS) is 9.30. The number of rotatable bonds is 4. The van der Waals surface area contributed by atoms with Gasteiger partial charge in [0.15, 0.2) is 0 Å². The van der Waals surface area contributed by atoms with Gasteiger partial charge in [-0.15, -0.1) is 0 Å². The zero-order valence-electron chi connectivity index (χ0n) is 5.66. The standard InChI is InChI=1S/C6H9NO3/c1-2-10-4-3-6(9)7-5-8/h3-5H,2H2,1H3,(H,7,8,9)/b4-3+. The molecule has 1 N–H and O–H groups in total. The zero-order valence-corrected chi connectivity index (χ0v) is 5.66. The molecule has 0 radical (unpaired) electrons. The van der Waals surface area contributed by atoms with Gasteiger partial charge >= 0.3 is 0 Å². The number of imide groups is 1. The van der Waals surface area contributed by atoms with Crippen LogP contribution in [-0.4, -0.2) is 18.9 Å². The molecule has 0 aliphatic carbocycles. The number of ether oxygens (including phenoxy) is 1. The van der Waals surface area contributed by atoms with Crippen molar-refractivity contribution >= 4 is 12.3 Å². The fourth-order valence-corrected chi connectivity index (χ4v) is 0.312. The van der Waals surface area contributed by atoms with Crippen molar-refractivity contribution in [3.05, 3.63) is 12.3 Å². The minimum absolute atomic E-state index is 0.318. The van der Waals surface area contributed by atoms with E-state index in [1.807, 2.05) is 5.32 Å². The lowest BCUT2D eigenvalue weighted by Gasteiger charge is -1.90. The van der Waals surface area contributed by atoms with E-state index >= 15 is 0 Å². The molecule has 0 aromatic rings. The predicted octanol–water partition coefficient (Wildman–Crippen LogP) is -0.191. The first-order valence-corrected chi connectivity index (χ1v) is 2.83. The van der Waals surface area contributed by atoms with Gasteiger partial charge in [0.1, 0.15) is 0 Å². The number of hydrogen-bond donors (Lipinski definition) is 1. The van der Waals surface area contributed by atoms with E-state index in [4.69, 9.17) is 4.74 Å². The van der Waals surface area contributed by atoms with Gasteiger partial charge in [-0.25, -0.2) is 0 Å². The van der Waals surface area contributed by atoms with Gasteiger partial charge in [0.05, 0.1) is 12.9 Å². The van der Waals surface area contributed by atoms with E-state index in [2.05, 4.69) is 0 Å². The first kappa shape index (κ1) is 8.68. The van der Waals surface area contributed by atoms with Crippen LogP contribution in [0.15, 0.2) is 12.3 Å². The summed E-state index contributed by atoms with van der Waals surface area (Å²) < 4.78 is 4.69. The average Bonchev–Trinajstić information content (AvgIpc) is 1.89. The van der Waals surface area contributed by atoms with E-state index in [0.717, 1.165) is 6.08 Å². The highest BCUT2D eigenvalue weighted by molar-refractivity contribution is 5.94. The first-order valence-electron chi connectivity index (χ1n) is 2.83. The zero-order chi connectivity index (χ0) is 7.82. The molecule has 0 saturated carbocycles. The molecule has 2 amide bonds. The molecule has 4 nitrogen and oxygen atoms in total. The van der Waals surface area contributed by atoms with Crippen molar-refractivity contribution in [1.29, 1.82) is 0 Å². The Balaban J connectivity index is 3.45. The Labute approximate surface area is 58.9 Å². The summed E-state index contributed by atoms with van der Waals surface area (Å²) in [6.07, 6.45) is 2.69. The molecular formula is C6H9NO3. The number of hydrogen-bond acceptors (Lipinski definition) is 3. The van der Waals surface area contributed by atoms with Crippen LogP contribution in [0.4, 0.5) is 0 Å². The second-order valence-electron chi connectivity index (χ2n) is 1.38. The van der Waals surface area contributed by atoms with Crippen molar-refractivity contribution in [2.24, 2.45) is 0 Å². The molecule has 0 fully saturated rings. The lowest BCUT2D eigenvalue weighted by Crippen LogP contribution is -2.18. The summed E-state index contributed by atoms with van der Waals surface area (Å²) in [6.45, 7) is 2.30. The minimum Gasteiger partial charge on any atom is -0.501 e. The number of amides is 2. The van der Waals surface area contributed by atoms with Crippen LogP contribution >= 0.6 is 0 Å². The molecule has 0 rings (SSSR count). The predicted molar refractivity (Wildman–Crippen MR) is 35.0 cm³/mol. The van der Waals surface area contributed by atoms with Crippen LogP contribution in [-0.2, 0) is 14.3 Å². The molecule has 0 unspecified atom stereocenters. The fourth-order valence-electron chi connectivity index (χ4n) is 0.312. The summed E-state index contributed by atoms with van der Waals surface area (Å²) in [7, 11) is 0. The van der Waals surface area contributed by atoms with Crippen molar-refractivity contribution in [3.8, 4) is 0 Å². The molecule has 0 aromatic heterocycles. The van der Waals surface area contributed by atoms with E-state index in [1.165, 1.54) is 6.26 Å². The maximum absolute atomic E-state index is 10.4. The Kier molecular flexibility index (Phi) is 5.04. The monoisotopic (exact) mass is 143 g/mol. The molecule has 56 valence electrons. The third-order valence-electron chi connectivity index (χ3n) is 0.683. The summed E-state index contributed by atoms with van der Waals surface area (Å²) >= 11 is 0. The Morgan fingerprint density at radius 1 is 1.70 bits per heavy atom. The van der Waals surface area contributed by atoms with Crippen molar-refractivity contribution in [3.63, 3.8) is 0 Å². The molecule has 0 bridgehead atoms. The Hall–Kier alpha value is -1.32. The van der Waals surface area contributed by atoms with Crippen LogP contribution < -0.4 is 5.32 Å². The van der Waals surface area contributed by atoms with Gasteiger partial charge in [-0.3, -0.25) is 14.9 Å². The average molecular weight is 143 g/mol. The molecular weight excluding hydrogens is 134 g/mol. The molecule has 0 saturated heterocycles. The largest absolute Gasteiger partial charge is 0.501 e. The summed E-state index contributed by atoms with van der Waals surface area (Å²) in [5.41, 5.74) is 0. The van der Waals surface area contributed by atoms with Gasteiger partial charge in [0.25, 0.3) is 5.91 Å². The minimum atomic E-state index is -0.483. The van der Waals surface area contributed by atoms with Gasteiger partial charge in [0.2, 0.25) is 6.41 Å². The van der Waals surface area contributed by atoms with Crippen LogP contribution in [0, 0.1) is 0 Å².